The van der Waals surface area contributed by atoms with E-state index >= 15 is 0 Å². The summed E-state index contributed by atoms with van der Waals surface area (Å²) in [6.07, 6.45) is 3.63. The average Bonchev–Trinajstić information content (AvgIpc) is 2.41. The summed E-state index contributed by atoms with van der Waals surface area (Å²) in [5.74, 6) is 0.641. The zero-order valence-corrected chi connectivity index (χ0v) is 10.7. The van der Waals surface area contributed by atoms with Gasteiger partial charge in [0.1, 0.15) is 0 Å². The third kappa shape index (κ3) is 3.53. The van der Waals surface area contributed by atoms with Gasteiger partial charge in [0.25, 0.3) is 0 Å². The monoisotopic (exact) mass is 243 g/mol. The molecule has 0 bridgehead atoms. The van der Waals surface area contributed by atoms with Crippen LogP contribution in [0.4, 0.5) is 0 Å². The SMILES string of the molecule is COc1cc(CNCc2ccc(C)cn2)ccn1. The van der Waals surface area contributed by atoms with Gasteiger partial charge in [-0.25, -0.2) is 4.98 Å². The molecule has 0 saturated heterocycles. The summed E-state index contributed by atoms with van der Waals surface area (Å²) in [6, 6.07) is 8.00. The molecule has 0 saturated carbocycles. The maximum Gasteiger partial charge on any atom is 0.213 e. The van der Waals surface area contributed by atoms with E-state index in [1.807, 2.05) is 31.3 Å². The van der Waals surface area contributed by atoms with Crippen molar-refractivity contribution in [2.75, 3.05) is 7.11 Å². The summed E-state index contributed by atoms with van der Waals surface area (Å²) in [5, 5.41) is 3.34. The number of hydrogen-bond acceptors (Lipinski definition) is 4. The largest absolute Gasteiger partial charge is 0.481 e. The number of nitrogens with zero attached hydrogens (tertiary/aromatic N) is 2. The van der Waals surface area contributed by atoms with E-state index in [9.17, 15) is 0 Å². The molecule has 0 fully saturated rings. The lowest BCUT2D eigenvalue weighted by Gasteiger charge is -2.06. The molecule has 2 heterocycles. The van der Waals surface area contributed by atoms with Crippen molar-refractivity contribution in [3.8, 4) is 5.88 Å². The van der Waals surface area contributed by atoms with E-state index < -0.39 is 0 Å². The second kappa shape index (κ2) is 6.12. The molecule has 0 unspecified atom stereocenters. The highest BCUT2D eigenvalue weighted by atomic mass is 16.5. The van der Waals surface area contributed by atoms with Crippen molar-refractivity contribution < 1.29 is 4.74 Å². The number of methoxy groups -OCH3 is 1. The Morgan fingerprint density at radius 2 is 2.06 bits per heavy atom. The van der Waals surface area contributed by atoms with E-state index in [-0.39, 0.29) is 0 Å². The fourth-order valence-corrected chi connectivity index (χ4v) is 1.61. The Hall–Kier alpha value is -1.94. The molecule has 0 radical (unpaired) electrons. The molecule has 2 rings (SSSR count). The van der Waals surface area contributed by atoms with E-state index in [2.05, 4.69) is 21.4 Å². The number of ether oxygens (including phenoxy) is 1. The van der Waals surface area contributed by atoms with Gasteiger partial charge in [0.05, 0.1) is 12.8 Å². The summed E-state index contributed by atoms with van der Waals surface area (Å²) in [4.78, 5) is 8.42. The maximum atomic E-state index is 5.08. The van der Waals surface area contributed by atoms with Gasteiger partial charge < -0.3 is 10.1 Å². The standard InChI is InChI=1S/C14H17N3O/c1-11-3-4-13(17-8-11)10-15-9-12-5-6-16-14(7-12)18-2/h3-8,15H,9-10H2,1-2H3. The number of hydrogen-bond donors (Lipinski definition) is 1. The summed E-state index contributed by atoms with van der Waals surface area (Å²) in [7, 11) is 1.62. The lowest BCUT2D eigenvalue weighted by atomic mass is 10.2. The summed E-state index contributed by atoms with van der Waals surface area (Å²) < 4.78 is 5.08. The van der Waals surface area contributed by atoms with Gasteiger partial charge in [0.15, 0.2) is 0 Å². The molecule has 0 amide bonds. The van der Waals surface area contributed by atoms with Crippen LogP contribution in [0.15, 0.2) is 36.7 Å². The molecule has 0 atom stereocenters. The molecule has 0 aromatic carbocycles. The predicted octanol–water partition coefficient (Wildman–Crippen LogP) is 2.08. The van der Waals surface area contributed by atoms with Crippen LogP contribution in [-0.4, -0.2) is 17.1 Å². The van der Waals surface area contributed by atoms with Crippen LogP contribution in [0.2, 0.25) is 0 Å². The first-order valence-corrected chi connectivity index (χ1v) is 5.89. The molecular formula is C14H17N3O. The van der Waals surface area contributed by atoms with Crippen LogP contribution in [0, 0.1) is 6.92 Å². The zero-order chi connectivity index (χ0) is 12.8. The molecule has 4 nitrogen and oxygen atoms in total. The minimum absolute atomic E-state index is 0.641. The second-order valence-corrected chi connectivity index (χ2v) is 4.14. The molecule has 2 aromatic heterocycles. The second-order valence-electron chi connectivity index (χ2n) is 4.14. The summed E-state index contributed by atoms with van der Waals surface area (Å²) >= 11 is 0. The van der Waals surface area contributed by atoms with Crippen molar-refractivity contribution in [2.45, 2.75) is 20.0 Å². The van der Waals surface area contributed by atoms with Crippen LogP contribution in [0.1, 0.15) is 16.8 Å². The third-order valence-corrected chi connectivity index (χ3v) is 2.62. The number of rotatable bonds is 5. The summed E-state index contributed by atoms with van der Waals surface area (Å²) in [6.45, 7) is 3.56. The summed E-state index contributed by atoms with van der Waals surface area (Å²) in [5.41, 5.74) is 3.37. The van der Waals surface area contributed by atoms with E-state index in [1.54, 1.807) is 13.3 Å². The van der Waals surface area contributed by atoms with Crippen LogP contribution in [0.25, 0.3) is 0 Å². The number of nitrogens with one attached hydrogen (secondary N) is 1. The maximum absolute atomic E-state index is 5.08. The molecule has 2 aromatic rings. The fourth-order valence-electron chi connectivity index (χ4n) is 1.61. The molecule has 0 aliphatic heterocycles. The minimum atomic E-state index is 0.641. The van der Waals surface area contributed by atoms with Gasteiger partial charge in [-0.1, -0.05) is 6.07 Å². The van der Waals surface area contributed by atoms with Gasteiger partial charge in [-0.3, -0.25) is 4.98 Å². The normalized spacial score (nSPS) is 10.3. The molecule has 1 N–H and O–H groups in total. The third-order valence-electron chi connectivity index (χ3n) is 2.62. The van der Waals surface area contributed by atoms with Crippen molar-refractivity contribution in [1.29, 1.82) is 0 Å². The van der Waals surface area contributed by atoms with E-state index in [0.29, 0.717) is 5.88 Å². The lowest BCUT2D eigenvalue weighted by molar-refractivity contribution is 0.397. The van der Waals surface area contributed by atoms with Gasteiger partial charge in [-0.15, -0.1) is 0 Å². The Bertz CT molecular complexity index is 497. The molecule has 94 valence electrons. The Kier molecular flexibility index (Phi) is 4.25. The van der Waals surface area contributed by atoms with Crippen LogP contribution in [-0.2, 0) is 13.1 Å². The Morgan fingerprint density at radius 1 is 1.17 bits per heavy atom. The van der Waals surface area contributed by atoms with E-state index in [0.717, 1.165) is 24.3 Å². The van der Waals surface area contributed by atoms with Gasteiger partial charge in [0.2, 0.25) is 5.88 Å². The average molecular weight is 243 g/mol. The van der Waals surface area contributed by atoms with E-state index in [1.165, 1.54) is 5.56 Å². The van der Waals surface area contributed by atoms with Crippen molar-refractivity contribution in [3.05, 3.63) is 53.5 Å². The highest BCUT2D eigenvalue weighted by molar-refractivity contribution is 5.20. The predicted molar refractivity (Wildman–Crippen MR) is 70.3 cm³/mol. The first-order chi connectivity index (χ1) is 8.78. The number of pyridine rings is 2. The Balaban J connectivity index is 1.86. The van der Waals surface area contributed by atoms with Gasteiger partial charge >= 0.3 is 0 Å². The van der Waals surface area contributed by atoms with Crippen LogP contribution in [0.3, 0.4) is 0 Å². The lowest BCUT2D eigenvalue weighted by Crippen LogP contribution is -2.13. The molecule has 0 aliphatic rings. The quantitative estimate of drug-likeness (QED) is 0.873. The first-order valence-electron chi connectivity index (χ1n) is 5.89. The number of aromatic nitrogens is 2. The van der Waals surface area contributed by atoms with Gasteiger partial charge in [-0.2, -0.15) is 0 Å². The van der Waals surface area contributed by atoms with Crippen molar-refractivity contribution >= 4 is 0 Å². The highest BCUT2D eigenvalue weighted by Gasteiger charge is 1.98. The first kappa shape index (κ1) is 12.5. The molecular weight excluding hydrogens is 226 g/mol. The van der Waals surface area contributed by atoms with E-state index in [4.69, 9.17) is 4.74 Å². The van der Waals surface area contributed by atoms with Gasteiger partial charge in [0, 0.05) is 31.5 Å². The molecule has 0 spiro atoms. The molecule has 0 aliphatic carbocycles. The van der Waals surface area contributed by atoms with Crippen molar-refractivity contribution in [3.63, 3.8) is 0 Å². The van der Waals surface area contributed by atoms with Gasteiger partial charge in [-0.05, 0) is 30.2 Å². The van der Waals surface area contributed by atoms with Crippen molar-refractivity contribution in [1.82, 2.24) is 15.3 Å². The van der Waals surface area contributed by atoms with Crippen LogP contribution >= 0.6 is 0 Å². The fraction of sp³-hybridized carbons (Fsp3) is 0.286. The van der Waals surface area contributed by atoms with Crippen LogP contribution in [0.5, 0.6) is 5.88 Å². The Morgan fingerprint density at radius 3 is 2.78 bits per heavy atom. The topological polar surface area (TPSA) is 47.0 Å². The Labute approximate surface area is 107 Å². The minimum Gasteiger partial charge on any atom is -0.481 e. The zero-order valence-electron chi connectivity index (χ0n) is 10.7. The van der Waals surface area contributed by atoms with Crippen molar-refractivity contribution in [2.24, 2.45) is 0 Å². The smallest absolute Gasteiger partial charge is 0.213 e. The molecule has 4 heteroatoms. The number of aryl methyl sites for hydroxylation is 1. The molecule has 18 heavy (non-hydrogen) atoms. The van der Waals surface area contributed by atoms with Crippen LogP contribution < -0.4 is 10.1 Å². The highest BCUT2D eigenvalue weighted by Crippen LogP contribution is 2.08.